The minimum absolute atomic E-state index is 0. The number of nitrogens with zero attached hydrogens (tertiary/aromatic N) is 3. The number of hydrogen-bond donors (Lipinski definition) is 2. The highest BCUT2D eigenvalue weighted by Crippen LogP contribution is 2.15. The Morgan fingerprint density at radius 3 is 2.44 bits per heavy atom. The van der Waals surface area contributed by atoms with Crippen LogP contribution in [0.2, 0.25) is 0 Å². The molecule has 5 nitrogen and oxygen atoms in total. The highest BCUT2D eigenvalue weighted by Gasteiger charge is 2.08. The van der Waals surface area contributed by atoms with Crippen LogP contribution in [0.25, 0.3) is 0 Å². The Kier molecular flexibility index (Phi) is 9.96. The van der Waals surface area contributed by atoms with Gasteiger partial charge in [-0.15, -0.1) is 35.7 Å². The van der Waals surface area contributed by atoms with Crippen molar-refractivity contribution in [2.24, 2.45) is 12.0 Å². The molecule has 0 atom stereocenters. The lowest BCUT2D eigenvalue weighted by molar-refractivity contribution is 0.729. The predicted molar refractivity (Wildman–Crippen MR) is 118 cm³/mol. The van der Waals surface area contributed by atoms with Gasteiger partial charge in [-0.25, -0.2) is 0 Å². The highest BCUT2D eigenvalue weighted by atomic mass is 127. The Labute approximate surface area is 172 Å². The minimum Gasteiger partial charge on any atom is -0.356 e. The Balaban J connectivity index is 0.00000312. The molecule has 0 saturated heterocycles. The summed E-state index contributed by atoms with van der Waals surface area (Å²) in [4.78, 5) is 5.57. The van der Waals surface area contributed by atoms with E-state index in [1.54, 1.807) is 7.05 Å². The maximum absolute atomic E-state index is 4.46. The Bertz CT molecular complexity index is 670. The van der Waals surface area contributed by atoms with Gasteiger partial charge >= 0.3 is 0 Å². The molecule has 1 heterocycles. The van der Waals surface area contributed by atoms with E-state index in [2.05, 4.69) is 58.8 Å². The number of halogens is 1. The molecule has 1 aromatic heterocycles. The fraction of sp³-hybridized carbons (Fsp3) is 0.444. The van der Waals surface area contributed by atoms with Gasteiger partial charge in [0.25, 0.3) is 0 Å². The zero-order chi connectivity index (χ0) is 17.4. The van der Waals surface area contributed by atoms with E-state index >= 15 is 0 Å². The fourth-order valence-electron chi connectivity index (χ4n) is 2.56. The van der Waals surface area contributed by atoms with Crippen molar-refractivity contribution in [1.82, 2.24) is 20.4 Å². The van der Waals surface area contributed by atoms with Crippen molar-refractivity contribution in [1.29, 1.82) is 0 Å². The fourth-order valence-corrected chi connectivity index (χ4v) is 3.35. The Hall–Kier alpha value is -1.22. The van der Waals surface area contributed by atoms with E-state index in [1.165, 1.54) is 16.2 Å². The predicted octanol–water partition coefficient (Wildman–Crippen LogP) is 3.15. The van der Waals surface area contributed by atoms with E-state index in [0.29, 0.717) is 0 Å². The van der Waals surface area contributed by atoms with Gasteiger partial charge in [-0.1, -0.05) is 18.2 Å². The van der Waals surface area contributed by atoms with Crippen LogP contribution in [0.15, 0.2) is 40.2 Å². The van der Waals surface area contributed by atoms with Crippen LogP contribution < -0.4 is 10.6 Å². The molecule has 138 valence electrons. The van der Waals surface area contributed by atoms with Gasteiger partial charge in [-0.05, 0) is 38.0 Å². The monoisotopic (exact) mass is 473 g/mol. The molecule has 0 bridgehead atoms. The molecule has 2 aromatic rings. The summed E-state index contributed by atoms with van der Waals surface area (Å²) in [6.07, 6.45) is 0.949. The van der Waals surface area contributed by atoms with E-state index in [-0.39, 0.29) is 24.0 Å². The smallest absolute Gasteiger partial charge is 0.191 e. The molecule has 7 heteroatoms. The first-order valence-electron chi connectivity index (χ1n) is 8.23. The summed E-state index contributed by atoms with van der Waals surface area (Å²) in [6, 6.07) is 10.4. The van der Waals surface area contributed by atoms with Crippen LogP contribution in [0.1, 0.15) is 17.0 Å². The van der Waals surface area contributed by atoms with Crippen molar-refractivity contribution in [2.75, 3.05) is 25.9 Å². The van der Waals surface area contributed by atoms with Crippen LogP contribution in [-0.2, 0) is 13.5 Å². The molecule has 0 fully saturated rings. The molecule has 1 aromatic carbocycles. The Morgan fingerprint density at radius 1 is 1.16 bits per heavy atom. The topological polar surface area (TPSA) is 54.2 Å². The largest absolute Gasteiger partial charge is 0.356 e. The summed E-state index contributed by atoms with van der Waals surface area (Å²) >= 11 is 1.84. The third-order valence-electron chi connectivity index (χ3n) is 3.96. The molecular weight excluding hydrogens is 445 g/mol. The van der Waals surface area contributed by atoms with Gasteiger partial charge < -0.3 is 10.6 Å². The van der Waals surface area contributed by atoms with Crippen molar-refractivity contribution in [3.8, 4) is 0 Å². The molecule has 0 aliphatic rings. The number of nitrogens with one attached hydrogen (secondary N) is 2. The van der Waals surface area contributed by atoms with Crippen LogP contribution in [0, 0.1) is 13.8 Å². The van der Waals surface area contributed by atoms with E-state index in [1.807, 2.05) is 29.6 Å². The number of hydrogen-bond acceptors (Lipinski definition) is 3. The summed E-state index contributed by atoms with van der Waals surface area (Å²) in [6.45, 7) is 5.91. The van der Waals surface area contributed by atoms with Crippen molar-refractivity contribution >= 4 is 41.7 Å². The van der Waals surface area contributed by atoms with E-state index in [4.69, 9.17) is 0 Å². The van der Waals surface area contributed by atoms with Crippen LogP contribution >= 0.6 is 35.7 Å². The molecule has 0 unspecified atom stereocenters. The second kappa shape index (κ2) is 11.4. The summed E-state index contributed by atoms with van der Waals surface area (Å²) < 4.78 is 1.94. The zero-order valence-electron chi connectivity index (χ0n) is 15.4. The molecule has 2 rings (SSSR count). The third-order valence-corrected chi connectivity index (χ3v) is 4.97. The van der Waals surface area contributed by atoms with Crippen LogP contribution in [-0.4, -0.2) is 41.6 Å². The maximum Gasteiger partial charge on any atom is 0.191 e. The number of guanidine groups is 1. The number of thioether (sulfide) groups is 1. The van der Waals surface area contributed by atoms with Gasteiger partial charge in [-0.3, -0.25) is 9.67 Å². The summed E-state index contributed by atoms with van der Waals surface area (Å²) in [5.74, 6) is 1.86. The molecule has 0 spiro atoms. The van der Waals surface area contributed by atoms with Crippen LogP contribution in [0.4, 0.5) is 0 Å². The van der Waals surface area contributed by atoms with Crippen LogP contribution in [0.3, 0.4) is 0 Å². The maximum atomic E-state index is 4.46. The number of benzene rings is 1. The third kappa shape index (κ3) is 6.89. The first kappa shape index (κ1) is 21.8. The average Bonchev–Trinajstić information content (AvgIpc) is 2.83. The van der Waals surface area contributed by atoms with Crippen molar-refractivity contribution in [3.05, 3.63) is 47.3 Å². The van der Waals surface area contributed by atoms with Crippen LogP contribution in [0.5, 0.6) is 0 Å². The molecule has 0 radical (unpaired) electrons. The lowest BCUT2D eigenvalue weighted by atomic mass is 10.1. The SMILES string of the molecule is CN=C(NCCSc1ccccc1)NCCc1c(C)nn(C)c1C.I. The van der Waals surface area contributed by atoms with Crippen molar-refractivity contribution in [3.63, 3.8) is 0 Å². The van der Waals surface area contributed by atoms with Gasteiger partial charge in [0.05, 0.1) is 5.69 Å². The summed E-state index contributed by atoms with van der Waals surface area (Å²) in [7, 11) is 3.80. The van der Waals surface area contributed by atoms with E-state index < -0.39 is 0 Å². The van der Waals surface area contributed by atoms with Crippen molar-refractivity contribution in [2.45, 2.75) is 25.2 Å². The summed E-state index contributed by atoms with van der Waals surface area (Å²) in [5.41, 5.74) is 3.66. The normalized spacial score (nSPS) is 11.1. The first-order chi connectivity index (χ1) is 11.6. The quantitative estimate of drug-likeness (QED) is 0.213. The van der Waals surface area contributed by atoms with Gasteiger partial charge in [0, 0.05) is 43.5 Å². The second-order valence-electron chi connectivity index (χ2n) is 5.61. The lowest BCUT2D eigenvalue weighted by Crippen LogP contribution is -2.39. The molecule has 0 aliphatic carbocycles. The molecule has 0 amide bonds. The average molecular weight is 473 g/mol. The van der Waals surface area contributed by atoms with Gasteiger partial charge in [0.1, 0.15) is 0 Å². The summed E-state index contributed by atoms with van der Waals surface area (Å²) in [5, 5.41) is 11.2. The van der Waals surface area contributed by atoms with E-state index in [9.17, 15) is 0 Å². The molecular formula is C18H28IN5S. The molecule has 25 heavy (non-hydrogen) atoms. The number of aliphatic imine (C=N–C) groups is 1. The number of aryl methyl sites for hydroxylation is 2. The Morgan fingerprint density at radius 2 is 1.84 bits per heavy atom. The number of rotatable bonds is 7. The van der Waals surface area contributed by atoms with Gasteiger partial charge in [0.15, 0.2) is 5.96 Å². The lowest BCUT2D eigenvalue weighted by Gasteiger charge is -2.12. The molecule has 2 N–H and O–H groups in total. The highest BCUT2D eigenvalue weighted by molar-refractivity contribution is 14.0. The molecule has 0 saturated carbocycles. The van der Waals surface area contributed by atoms with Gasteiger partial charge in [0.2, 0.25) is 0 Å². The first-order valence-corrected chi connectivity index (χ1v) is 9.21. The minimum atomic E-state index is 0. The van der Waals surface area contributed by atoms with Crippen molar-refractivity contribution < 1.29 is 0 Å². The number of aromatic nitrogens is 2. The second-order valence-corrected chi connectivity index (χ2v) is 6.78. The van der Waals surface area contributed by atoms with Gasteiger partial charge in [-0.2, -0.15) is 5.10 Å². The zero-order valence-corrected chi connectivity index (χ0v) is 18.5. The standard InChI is InChI=1S/C18H27N5S.HI/c1-14-17(15(2)23(4)22-14)10-11-20-18(19-3)21-12-13-24-16-8-6-5-7-9-16;/h5-9H,10-13H2,1-4H3,(H2,19,20,21);1H. The molecule has 0 aliphatic heterocycles. The van der Waals surface area contributed by atoms with E-state index in [0.717, 1.165) is 36.9 Å².